The van der Waals surface area contributed by atoms with E-state index in [0.717, 1.165) is 0 Å². The summed E-state index contributed by atoms with van der Waals surface area (Å²) in [5.41, 5.74) is -0.517. The first kappa shape index (κ1) is 14.9. The van der Waals surface area contributed by atoms with Gasteiger partial charge < -0.3 is 15.7 Å². The number of carbonyl (C=O) groups is 2. The van der Waals surface area contributed by atoms with Crippen LogP contribution in [0.25, 0.3) is 0 Å². The lowest BCUT2D eigenvalue weighted by Gasteiger charge is -2.22. The second-order valence-corrected chi connectivity index (χ2v) is 5.04. The average molecular weight is 230 g/mol. The summed E-state index contributed by atoms with van der Waals surface area (Å²) in [4.78, 5) is 23.1. The highest BCUT2D eigenvalue weighted by atomic mass is 16.3. The Balaban J connectivity index is 4.21. The summed E-state index contributed by atoms with van der Waals surface area (Å²) in [6.45, 7) is 8.53. The standard InChI is InChI=1S/C11H22N2O3/c1-7(6-14)12-9(15)8(2)13-10(16)11(3,4)5/h7-8,14H,6H2,1-5H3,(H,12,15)(H,13,16). The van der Waals surface area contributed by atoms with Gasteiger partial charge in [0.25, 0.3) is 0 Å². The van der Waals surface area contributed by atoms with Gasteiger partial charge in [0.1, 0.15) is 6.04 Å². The van der Waals surface area contributed by atoms with E-state index >= 15 is 0 Å². The van der Waals surface area contributed by atoms with Gasteiger partial charge in [0.05, 0.1) is 6.61 Å². The number of amides is 2. The summed E-state index contributed by atoms with van der Waals surface area (Å²) < 4.78 is 0. The number of aliphatic hydroxyl groups is 1. The minimum Gasteiger partial charge on any atom is -0.394 e. The van der Waals surface area contributed by atoms with Crippen molar-refractivity contribution in [2.75, 3.05) is 6.61 Å². The molecule has 0 aromatic carbocycles. The molecule has 0 saturated heterocycles. The van der Waals surface area contributed by atoms with Gasteiger partial charge in [-0.3, -0.25) is 9.59 Å². The van der Waals surface area contributed by atoms with Crippen LogP contribution < -0.4 is 10.6 Å². The van der Waals surface area contributed by atoms with Gasteiger partial charge in [0.2, 0.25) is 11.8 Å². The predicted molar refractivity (Wildman–Crippen MR) is 61.8 cm³/mol. The molecule has 2 atom stereocenters. The van der Waals surface area contributed by atoms with Crippen molar-refractivity contribution < 1.29 is 14.7 Å². The van der Waals surface area contributed by atoms with Crippen molar-refractivity contribution in [3.05, 3.63) is 0 Å². The lowest BCUT2D eigenvalue weighted by Crippen LogP contribution is -2.50. The highest BCUT2D eigenvalue weighted by Crippen LogP contribution is 2.12. The first-order valence-electron chi connectivity index (χ1n) is 5.40. The second kappa shape index (κ2) is 5.84. The van der Waals surface area contributed by atoms with Crippen molar-refractivity contribution in [1.29, 1.82) is 0 Å². The zero-order valence-electron chi connectivity index (χ0n) is 10.6. The van der Waals surface area contributed by atoms with E-state index in [4.69, 9.17) is 5.11 Å². The molecule has 0 aromatic rings. The Morgan fingerprint density at radius 2 is 1.69 bits per heavy atom. The maximum Gasteiger partial charge on any atom is 0.242 e. The predicted octanol–water partition coefficient (Wildman–Crippen LogP) is 0.0342. The van der Waals surface area contributed by atoms with Crippen molar-refractivity contribution in [2.45, 2.75) is 46.7 Å². The van der Waals surface area contributed by atoms with Crippen LogP contribution >= 0.6 is 0 Å². The fourth-order valence-electron chi connectivity index (χ4n) is 0.892. The van der Waals surface area contributed by atoms with Crippen LogP contribution in [0.1, 0.15) is 34.6 Å². The molecule has 0 radical (unpaired) electrons. The second-order valence-electron chi connectivity index (χ2n) is 5.04. The fraction of sp³-hybridized carbons (Fsp3) is 0.818. The van der Waals surface area contributed by atoms with Gasteiger partial charge in [0.15, 0.2) is 0 Å². The van der Waals surface area contributed by atoms with Crippen LogP contribution in [0.15, 0.2) is 0 Å². The lowest BCUT2D eigenvalue weighted by atomic mass is 9.95. The molecule has 5 nitrogen and oxygen atoms in total. The van der Waals surface area contributed by atoms with Crippen molar-refractivity contribution in [1.82, 2.24) is 10.6 Å². The van der Waals surface area contributed by atoms with Gasteiger partial charge in [0, 0.05) is 11.5 Å². The molecule has 0 aliphatic carbocycles. The molecule has 0 aliphatic rings. The van der Waals surface area contributed by atoms with Crippen molar-refractivity contribution >= 4 is 11.8 Å². The molecule has 2 amide bonds. The van der Waals surface area contributed by atoms with Crippen LogP contribution in [-0.4, -0.2) is 35.6 Å². The fourth-order valence-corrected chi connectivity index (χ4v) is 0.892. The number of carbonyl (C=O) groups excluding carboxylic acids is 2. The number of rotatable bonds is 4. The highest BCUT2D eigenvalue weighted by Gasteiger charge is 2.25. The first-order chi connectivity index (χ1) is 7.18. The van der Waals surface area contributed by atoms with Gasteiger partial charge in [-0.1, -0.05) is 20.8 Å². The Bertz CT molecular complexity index is 258. The number of nitrogens with one attached hydrogen (secondary N) is 2. The highest BCUT2D eigenvalue weighted by molar-refractivity contribution is 5.89. The summed E-state index contributed by atoms with van der Waals surface area (Å²) in [5.74, 6) is -0.467. The SMILES string of the molecule is CC(CO)NC(=O)C(C)NC(=O)C(C)(C)C. The van der Waals surface area contributed by atoms with Gasteiger partial charge in [-0.15, -0.1) is 0 Å². The molecule has 0 saturated carbocycles. The van der Waals surface area contributed by atoms with Crippen molar-refractivity contribution in [3.63, 3.8) is 0 Å². The topological polar surface area (TPSA) is 78.4 Å². The molecular weight excluding hydrogens is 208 g/mol. The molecule has 0 heterocycles. The van der Waals surface area contributed by atoms with Gasteiger partial charge in [-0.25, -0.2) is 0 Å². The molecule has 5 heteroatoms. The normalized spacial score (nSPS) is 15.1. The monoisotopic (exact) mass is 230 g/mol. The van der Waals surface area contributed by atoms with E-state index in [1.807, 2.05) is 0 Å². The number of aliphatic hydroxyl groups excluding tert-OH is 1. The summed E-state index contributed by atoms with van der Waals surface area (Å²) >= 11 is 0. The smallest absolute Gasteiger partial charge is 0.242 e. The molecular formula is C11H22N2O3. The lowest BCUT2D eigenvalue weighted by molar-refractivity contribution is -0.133. The van der Waals surface area contributed by atoms with E-state index in [-0.39, 0.29) is 24.5 Å². The molecule has 16 heavy (non-hydrogen) atoms. The maximum atomic E-state index is 11.6. The minimum atomic E-state index is -0.597. The number of hydrogen-bond donors (Lipinski definition) is 3. The Kier molecular flexibility index (Phi) is 5.44. The summed E-state index contributed by atoms with van der Waals surface area (Å²) in [6, 6.07) is -0.901. The largest absolute Gasteiger partial charge is 0.394 e. The summed E-state index contributed by atoms with van der Waals surface area (Å²) in [6.07, 6.45) is 0. The van der Waals surface area contributed by atoms with E-state index in [0.29, 0.717) is 0 Å². The van der Waals surface area contributed by atoms with Gasteiger partial charge >= 0.3 is 0 Å². The Hall–Kier alpha value is -1.10. The molecule has 0 aliphatic heterocycles. The van der Waals surface area contributed by atoms with E-state index in [9.17, 15) is 9.59 Å². The van der Waals surface area contributed by atoms with Crippen LogP contribution in [0.2, 0.25) is 0 Å². The van der Waals surface area contributed by atoms with E-state index in [1.165, 1.54) is 0 Å². The molecule has 2 unspecified atom stereocenters. The number of hydrogen-bond acceptors (Lipinski definition) is 3. The van der Waals surface area contributed by atoms with Crippen molar-refractivity contribution in [3.8, 4) is 0 Å². The average Bonchev–Trinajstić information content (AvgIpc) is 2.15. The third-order valence-corrected chi connectivity index (χ3v) is 2.08. The Labute approximate surface area is 96.6 Å². The van der Waals surface area contributed by atoms with Gasteiger partial charge in [-0.05, 0) is 13.8 Å². The van der Waals surface area contributed by atoms with Crippen LogP contribution in [0, 0.1) is 5.41 Å². The van der Waals surface area contributed by atoms with Gasteiger partial charge in [-0.2, -0.15) is 0 Å². The first-order valence-corrected chi connectivity index (χ1v) is 5.40. The minimum absolute atomic E-state index is 0.119. The molecule has 0 spiro atoms. The Morgan fingerprint density at radius 3 is 2.06 bits per heavy atom. The maximum absolute atomic E-state index is 11.6. The molecule has 0 bridgehead atoms. The summed E-state index contributed by atoms with van der Waals surface area (Å²) in [5, 5.41) is 14.0. The molecule has 0 fully saturated rings. The molecule has 0 rings (SSSR count). The zero-order chi connectivity index (χ0) is 12.9. The third-order valence-electron chi connectivity index (χ3n) is 2.08. The van der Waals surface area contributed by atoms with Crippen LogP contribution in [0.3, 0.4) is 0 Å². The van der Waals surface area contributed by atoms with Crippen LogP contribution in [-0.2, 0) is 9.59 Å². The van der Waals surface area contributed by atoms with E-state index < -0.39 is 11.5 Å². The van der Waals surface area contributed by atoms with E-state index in [1.54, 1.807) is 34.6 Å². The van der Waals surface area contributed by atoms with Crippen LogP contribution in [0.5, 0.6) is 0 Å². The van der Waals surface area contributed by atoms with Crippen LogP contribution in [0.4, 0.5) is 0 Å². The Morgan fingerprint density at radius 1 is 1.19 bits per heavy atom. The summed E-state index contributed by atoms with van der Waals surface area (Å²) in [7, 11) is 0. The molecule has 94 valence electrons. The zero-order valence-corrected chi connectivity index (χ0v) is 10.6. The van der Waals surface area contributed by atoms with Crippen molar-refractivity contribution in [2.24, 2.45) is 5.41 Å². The third kappa shape index (κ3) is 5.11. The quantitative estimate of drug-likeness (QED) is 0.638. The van der Waals surface area contributed by atoms with E-state index in [2.05, 4.69) is 10.6 Å². The molecule has 3 N–H and O–H groups in total. The molecule has 0 aromatic heterocycles.